The molecule has 6 nitrogen and oxygen atoms in total. The van der Waals surface area contributed by atoms with Gasteiger partial charge in [0, 0.05) is 80.2 Å². The summed E-state index contributed by atoms with van der Waals surface area (Å²) in [4.78, 5) is 27.7. The normalized spacial score (nSPS) is 12.1. The van der Waals surface area contributed by atoms with Crippen LogP contribution in [0.1, 0.15) is 56.2 Å². The van der Waals surface area contributed by atoms with Gasteiger partial charge in [-0.05, 0) is 136 Å². The highest BCUT2D eigenvalue weighted by atomic mass is 14.8. The summed E-state index contributed by atoms with van der Waals surface area (Å²) in [5, 5.41) is 0. The number of nitrogens with zero attached hydrogens (tertiary/aromatic N) is 4. The van der Waals surface area contributed by atoms with E-state index < -0.39 is 0 Å². The van der Waals surface area contributed by atoms with Gasteiger partial charge in [-0.25, -0.2) is 9.97 Å². The molecule has 2 aliphatic heterocycles. The van der Waals surface area contributed by atoms with Gasteiger partial charge in [0.15, 0.2) is 0 Å². The zero-order valence-corrected chi connectivity index (χ0v) is 31.3. The van der Waals surface area contributed by atoms with Gasteiger partial charge in [0.1, 0.15) is 0 Å². The van der Waals surface area contributed by atoms with Gasteiger partial charge in [0.05, 0.1) is 22.8 Å². The average molecular weight is 701 g/mol. The van der Waals surface area contributed by atoms with Crippen molar-refractivity contribution >= 4 is 46.4 Å². The summed E-state index contributed by atoms with van der Waals surface area (Å²) in [6, 6.07) is 25.9. The lowest BCUT2D eigenvalue weighted by atomic mass is 9.92. The molecule has 0 saturated heterocycles. The molecule has 2 aliphatic rings. The number of aromatic amines is 2. The molecule has 0 atom stereocenters. The van der Waals surface area contributed by atoms with Crippen LogP contribution in [0.15, 0.2) is 97.6 Å². The smallest absolute Gasteiger partial charge is 0.0737 e. The number of pyridine rings is 2. The van der Waals surface area contributed by atoms with Crippen molar-refractivity contribution in [2.45, 2.75) is 41.5 Å². The third-order valence-corrected chi connectivity index (χ3v) is 10.5. The molecular formula is C48H40N6. The summed E-state index contributed by atoms with van der Waals surface area (Å²) in [5.74, 6) is 0. The second-order valence-electron chi connectivity index (χ2n) is 14.5. The van der Waals surface area contributed by atoms with Crippen LogP contribution in [0, 0.1) is 41.5 Å². The number of nitrogens with one attached hydrogen (secondary N) is 2. The lowest BCUT2D eigenvalue weighted by Crippen LogP contribution is -1.95. The average Bonchev–Trinajstić information content (AvgIpc) is 3.98. The molecule has 2 aromatic carbocycles. The van der Waals surface area contributed by atoms with Crippen LogP contribution in [-0.4, -0.2) is 29.9 Å². The largest absolute Gasteiger partial charge is 0.354 e. The Labute approximate surface area is 315 Å². The van der Waals surface area contributed by atoms with E-state index in [-0.39, 0.29) is 0 Å². The quantitative estimate of drug-likeness (QED) is 0.191. The number of hydrogen-bond donors (Lipinski definition) is 2. The van der Waals surface area contributed by atoms with Crippen molar-refractivity contribution in [1.29, 1.82) is 0 Å². The van der Waals surface area contributed by atoms with Crippen molar-refractivity contribution in [3.63, 3.8) is 0 Å². The van der Waals surface area contributed by atoms with Gasteiger partial charge in [-0.1, -0.05) is 47.5 Å². The zero-order chi connectivity index (χ0) is 37.1. The number of fused-ring (bicyclic) bond motifs is 8. The molecule has 2 N–H and O–H groups in total. The topological polar surface area (TPSA) is 83.1 Å². The minimum atomic E-state index is 0.866. The molecule has 8 bridgehead atoms. The third-order valence-electron chi connectivity index (χ3n) is 10.5. The van der Waals surface area contributed by atoms with Crippen molar-refractivity contribution in [1.82, 2.24) is 29.9 Å². The number of H-pyrrole nitrogens is 2. The van der Waals surface area contributed by atoms with Crippen LogP contribution in [0.5, 0.6) is 0 Å². The number of benzene rings is 2. The molecule has 5 aromatic heterocycles. The summed E-state index contributed by atoms with van der Waals surface area (Å²) in [7, 11) is 0. The summed E-state index contributed by atoms with van der Waals surface area (Å²) < 4.78 is 0. The van der Waals surface area contributed by atoms with Gasteiger partial charge in [-0.15, -0.1) is 0 Å². The summed E-state index contributed by atoms with van der Waals surface area (Å²) in [6.45, 7) is 13.1. The molecule has 54 heavy (non-hydrogen) atoms. The van der Waals surface area contributed by atoms with Crippen molar-refractivity contribution in [2.75, 3.05) is 0 Å². The second-order valence-corrected chi connectivity index (χ2v) is 14.5. The fraction of sp³-hybridized carbons (Fsp3) is 0.125. The predicted molar refractivity (Wildman–Crippen MR) is 225 cm³/mol. The van der Waals surface area contributed by atoms with Crippen LogP contribution in [0.4, 0.5) is 0 Å². The molecule has 0 amide bonds. The van der Waals surface area contributed by atoms with E-state index in [0.29, 0.717) is 0 Å². The molecule has 0 radical (unpaired) electrons. The van der Waals surface area contributed by atoms with E-state index in [1.165, 1.54) is 44.5 Å². The highest BCUT2D eigenvalue weighted by molar-refractivity contribution is 6.00. The molecule has 7 aromatic rings. The van der Waals surface area contributed by atoms with Gasteiger partial charge in [0.25, 0.3) is 0 Å². The number of hydrogen-bond acceptors (Lipinski definition) is 4. The zero-order valence-electron chi connectivity index (χ0n) is 31.3. The van der Waals surface area contributed by atoms with Gasteiger partial charge < -0.3 is 9.97 Å². The molecule has 0 saturated carbocycles. The Morgan fingerprint density at radius 1 is 0.389 bits per heavy atom. The molecule has 7 heterocycles. The van der Waals surface area contributed by atoms with Gasteiger partial charge >= 0.3 is 0 Å². The predicted octanol–water partition coefficient (Wildman–Crippen LogP) is 12.0. The summed E-state index contributed by atoms with van der Waals surface area (Å²) in [6.07, 6.45) is 16.0. The summed E-state index contributed by atoms with van der Waals surface area (Å²) >= 11 is 0. The highest BCUT2D eigenvalue weighted by Gasteiger charge is 2.21. The molecule has 6 heteroatoms. The molecule has 0 unspecified atom stereocenters. The first-order valence-corrected chi connectivity index (χ1v) is 18.4. The van der Waals surface area contributed by atoms with Crippen molar-refractivity contribution in [2.24, 2.45) is 0 Å². The van der Waals surface area contributed by atoms with E-state index in [2.05, 4.69) is 146 Å². The number of aryl methyl sites for hydroxylation is 6. The van der Waals surface area contributed by atoms with E-state index in [1.54, 1.807) is 0 Å². The first kappa shape index (κ1) is 33.2. The highest BCUT2D eigenvalue weighted by Crippen LogP contribution is 2.41. The monoisotopic (exact) mass is 700 g/mol. The lowest BCUT2D eigenvalue weighted by Gasteiger charge is -2.13. The van der Waals surface area contributed by atoms with Crippen LogP contribution < -0.4 is 0 Å². The Hall–Kier alpha value is -6.66. The van der Waals surface area contributed by atoms with E-state index >= 15 is 0 Å². The molecule has 0 spiro atoms. The van der Waals surface area contributed by atoms with Gasteiger partial charge in [-0.2, -0.15) is 0 Å². The summed E-state index contributed by atoms with van der Waals surface area (Å²) in [5.41, 5.74) is 23.0. The third kappa shape index (κ3) is 5.67. The Kier molecular flexibility index (Phi) is 8.04. The second kappa shape index (κ2) is 13.1. The van der Waals surface area contributed by atoms with E-state index in [0.717, 1.165) is 78.2 Å². The SMILES string of the molecule is Cc1cc(C)c(-c2c3nc(c(-c4cccnc4)c4ccc([nH]4)c(-c4c(C)cc(C)cc4C)c4nc(c(-c5cccnc5)c5ccc2[nH]5)C=C4)C=C3)c(C)c1. The van der Waals surface area contributed by atoms with Crippen LogP contribution in [0.2, 0.25) is 0 Å². The fourth-order valence-corrected chi connectivity index (χ4v) is 8.51. The Morgan fingerprint density at radius 2 is 0.722 bits per heavy atom. The fourth-order valence-electron chi connectivity index (χ4n) is 8.51. The maximum absolute atomic E-state index is 5.45. The van der Waals surface area contributed by atoms with Crippen LogP contribution in [0.25, 0.3) is 90.9 Å². The maximum atomic E-state index is 5.45. The van der Waals surface area contributed by atoms with Crippen molar-refractivity contribution in [3.8, 4) is 44.5 Å². The molecule has 0 aliphatic carbocycles. The van der Waals surface area contributed by atoms with Crippen molar-refractivity contribution < 1.29 is 0 Å². The number of aromatic nitrogens is 6. The molecule has 9 rings (SSSR count). The van der Waals surface area contributed by atoms with Crippen LogP contribution in [0.3, 0.4) is 0 Å². The van der Waals surface area contributed by atoms with E-state index in [9.17, 15) is 0 Å². The molecule has 262 valence electrons. The van der Waals surface area contributed by atoms with E-state index in [4.69, 9.17) is 9.97 Å². The van der Waals surface area contributed by atoms with E-state index in [1.807, 2.05) is 36.9 Å². The molecular weight excluding hydrogens is 661 g/mol. The minimum Gasteiger partial charge on any atom is -0.354 e. The maximum Gasteiger partial charge on any atom is 0.0737 e. The minimum absolute atomic E-state index is 0.866. The van der Waals surface area contributed by atoms with Crippen LogP contribution in [-0.2, 0) is 0 Å². The van der Waals surface area contributed by atoms with Crippen molar-refractivity contribution in [3.05, 3.63) is 154 Å². The van der Waals surface area contributed by atoms with Crippen LogP contribution >= 0.6 is 0 Å². The number of rotatable bonds is 4. The Morgan fingerprint density at radius 3 is 1.06 bits per heavy atom. The first-order valence-electron chi connectivity index (χ1n) is 18.4. The van der Waals surface area contributed by atoms with Gasteiger partial charge in [0.2, 0.25) is 0 Å². The lowest BCUT2D eigenvalue weighted by molar-refractivity contribution is 1.27. The molecule has 0 fully saturated rings. The standard InChI is InChI=1S/C48H40N6/c1-27-21-29(3)43(30(4)22-27)47-39-15-11-35(51-39)45(33-9-7-19-49-25-33)37-13-17-41(53-37)48(44-31(5)23-28(2)24-32(44)6)42-18-14-38(54-42)46(34-10-8-20-50-26-34)36-12-16-40(47)52-36/h7-26,51,54H,1-6H3. The Balaban J connectivity index is 1.51. The van der Waals surface area contributed by atoms with Gasteiger partial charge in [-0.3, -0.25) is 9.97 Å². The Bertz CT molecular complexity index is 2630. The first-order chi connectivity index (χ1) is 26.2.